The normalized spacial score (nSPS) is 11.5. The molecule has 0 atom stereocenters. The molecule has 1 aromatic heterocycles. The van der Waals surface area contributed by atoms with Crippen LogP contribution in [-0.2, 0) is 0 Å². The van der Waals surface area contributed by atoms with Crippen molar-refractivity contribution in [3.05, 3.63) is 127 Å². The Bertz CT molecular complexity index is 2510. The number of aryl methyl sites for hydroxylation is 1. The lowest BCUT2D eigenvalue weighted by atomic mass is 9.59. The molecule has 0 bridgehead atoms. The van der Waals surface area contributed by atoms with Crippen LogP contribution in [0.4, 0.5) is 0 Å². The third-order valence-corrected chi connectivity index (χ3v) is 10.5. The molecule has 47 heavy (non-hydrogen) atoms. The molecule has 0 saturated heterocycles. The van der Waals surface area contributed by atoms with E-state index >= 15 is 0 Å². The van der Waals surface area contributed by atoms with Crippen LogP contribution >= 0.6 is 0 Å². The highest BCUT2D eigenvalue weighted by atomic mass is 15.1. The average molecular weight is 596 g/mol. The molecule has 1 heterocycles. The zero-order valence-corrected chi connectivity index (χ0v) is 27.9. The van der Waals surface area contributed by atoms with E-state index in [2.05, 4.69) is 172 Å². The van der Waals surface area contributed by atoms with E-state index in [0.29, 0.717) is 0 Å². The van der Waals surface area contributed by atoms with Crippen molar-refractivity contribution in [1.29, 1.82) is 0 Å². The maximum Gasteiger partial charge on any atom is 0.139 e. The first-order valence-electron chi connectivity index (χ1n) is 16.5. The smallest absolute Gasteiger partial charge is 0.139 e. The van der Waals surface area contributed by atoms with Crippen molar-refractivity contribution in [1.82, 2.24) is 9.55 Å². The molecule has 0 aliphatic heterocycles. The van der Waals surface area contributed by atoms with Crippen molar-refractivity contribution in [2.45, 2.75) is 6.92 Å². The van der Waals surface area contributed by atoms with Crippen molar-refractivity contribution in [3.63, 3.8) is 0 Å². The largest absolute Gasteiger partial charge is 0.296 e. The summed E-state index contributed by atoms with van der Waals surface area (Å²) in [6.45, 7) is 2.11. The van der Waals surface area contributed by atoms with E-state index in [1.807, 2.05) is 0 Å². The number of aromatic nitrogens is 2. The summed E-state index contributed by atoms with van der Waals surface area (Å²) in [6.07, 6.45) is 0. The fourth-order valence-electron chi connectivity index (χ4n) is 7.80. The number of imidazole rings is 1. The van der Waals surface area contributed by atoms with Crippen molar-refractivity contribution in [3.8, 4) is 39.1 Å². The summed E-state index contributed by atoms with van der Waals surface area (Å²) in [5, 5.41) is 5.01. The van der Waals surface area contributed by atoms with Gasteiger partial charge in [0.2, 0.25) is 0 Å². The monoisotopic (exact) mass is 596 g/mol. The van der Waals surface area contributed by atoms with Gasteiger partial charge in [0.1, 0.15) is 45.1 Å². The molecule has 8 aromatic rings. The number of rotatable bonds is 4. The molecule has 8 rings (SSSR count). The van der Waals surface area contributed by atoms with Gasteiger partial charge in [0, 0.05) is 5.56 Å². The molecule has 0 aliphatic rings. The van der Waals surface area contributed by atoms with Gasteiger partial charge in [-0.15, -0.1) is 16.4 Å². The number of hydrogen-bond donors (Lipinski definition) is 0. The molecule has 0 fully saturated rings. The van der Waals surface area contributed by atoms with Gasteiger partial charge < -0.3 is 0 Å². The molecule has 0 radical (unpaired) electrons. The Balaban J connectivity index is 1.53. The maximum atomic E-state index is 4.95. The Kier molecular flexibility index (Phi) is 7.02. The lowest BCUT2D eigenvalue weighted by Gasteiger charge is -2.23. The van der Waals surface area contributed by atoms with Gasteiger partial charge in [0.05, 0.1) is 16.7 Å². The quantitative estimate of drug-likeness (QED) is 0.225. The number of benzene rings is 7. The highest BCUT2D eigenvalue weighted by molar-refractivity contribution is 6.68. The Morgan fingerprint density at radius 1 is 0.468 bits per heavy atom. The van der Waals surface area contributed by atoms with Crippen LogP contribution in [0, 0.1) is 6.92 Å². The molecule has 2 nitrogen and oxygen atoms in total. The third kappa shape index (κ3) is 4.52. The highest BCUT2D eigenvalue weighted by Crippen LogP contribution is 2.46. The average Bonchev–Trinajstić information content (AvgIpc) is 3.44. The molecule has 0 aliphatic carbocycles. The second-order valence-corrected chi connectivity index (χ2v) is 12.9. The second kappa shape index (κ2) is 11.3. The Morgan fingerprint density at radius 2 is 1.04 bits per heavy atom. The summed E-state index contributed by atoms with van der Waals surface area (Å²) >= 11 is 0. The first-order chi connectivity index (χ1) is 22.8. The molecule has 7 aromatic carbocycles. The summed E-state index contributed by atoms with van der Waals surface area (Å²) in [4.78, 5) is 4.95. The molecule has 0 amide bonds. The van der Waals surface area contributed by atoms with Crippen LogP contribution in [0.3, 0.4) is 0 Å². The van der Waals surface area contributed by atoms with E-state index in [0.717, 1.165) is 22.5 Å². The predicted molar refractivity (Wildman–Crippen MR) is 218 cm³/mol. The molecule has 218 valence electrons. The van der Waals surface area contributed by atoms with Gasteiger partial charge >= 0.3 is 0 Å². The van der Waals surface area contributed by atoms with Crippen LogP contribution in [0.5, 0.6) is 0 Å². The number of para-hydroxylation sites is 3. The molecule has 0 spiro atoms. The number of fused-ring (bicyclic) bond motifs is 3. The minimum absolute atomic E-state index is 0.978. The van der Waals surface area contributed by atoms with Crippen LogP contribution < -0.4 is 27.3 Å². The first kappa shape index (κ1) is 29.3. The third-order valence-electron chi connectivity index (χ3n) is 10.5. The molecule has 7 heteroatoms. The van der Waals surface area contributed by atoms with Gasteiger partial charge in [-0.25, -0.2) is 4.98 Å². The van der Waals surface area contributed by atoms with E-state index in [4.69, 9.17) is 4.98 Å². The first-order valence-corrected chi connectivity index (χ1v) is 16.5. The molecule has 0 saturated carbocycles. The SMILES string of the molecule is Bc1c(B)c(B)c(-c2ccc3c(-c4ccccc4-n4c(C)nc5ccccc54)c4ccccc4c(-c4ccccc4)c3c2)c(B)c1B. The van der Waals surface area contributed by atoms with E-state index in [-0.39, 0.29) is 0 Å². The molecule has 0 unspecified atom stereocenters. The van der Waals surface area contributed by atoms with E-state index in [9.17, 15) is 0 Å². The lowest BCUT2D eigenvalue weighted by Crippen LogP contribution is -2.55. The number of hydrogen-bond acceptors (Lipinski definition) is 1. The summed E-state index contributed by atoms with van der Waals surface area (Å²) < 4.78 is 2.31. The Labute approximate surface area is 280 Å². The molecule has 0 N–H and O–H groups in total. The maximum absolute atomic E-state index is 4.95. The van der Waals surface area contributed by atoms with Crippen molar-refractivity contribution in [2.24, 2.45) is 0 Å². The minimum Gasteiger partial charge on any atom is -0.296 e. The zero-order valence-electron chi connectivity index (χ0n) is 27.9. The summed E-state index contributed by atoms with van der Waals surface area (Å²) in [7, 11) is 11.4. The standard InChI is InChI=1S/C40H33B5N2/c1-22-46-30-16-8-10-18-32(30)47(22)31-17-9-7-15-28(31)35-26-14-6-5-13-25(26)33(23-11-3-2-4-12-23)29-21-24(19-20-27(29)35)34-36(41)38(43)40(45)39(44)37(34)42/h2-21H,41-45H2,1H3. The van der Waals surface area contributed by atoms with Gasteiger partial charge in [-0.2, -0.15) is 0 Å². The van der Waals surface area contributed by atoms with Crippen molar-refractivity contribution < 1.29 is 0 Å². The zero-order chi connectivity index (χ0) is 32.4. The minimum atomic E-state index is 0.978. The topological polar surface area (TPSA) is 17.8 Å². The fourth-order valence-corrected chi connectivity index (χ4v) is 7.80. The Morgan fingerprint density at radius 3 is 1.79 bits per heavy atom. The van der Waals surface area contributed by atoms with E-state index < -0.39 is 0 Å². The summed E-state index contributed by atoms with van der Waals surface area (Å²) in [5.74, 6) is 0.978. The van der Waals surface area contributed by atoms with Gasteiger partial charge in [0.25, 0.3) is 0 Å². The van der Waals surface area contributed by atoms with Crippen LogP contribution in [0.15, 0.2) is 121 Å². The van der Waals surface area contributed by atoms with E-state index in [1.165, 1.54) is 82.2 Å². The van der Waals surface area contributed by atoms with Gasteiger partial charge in [-0.1, -0.05) is 108 Å². The van der Waals surface area contributed by atoms with E-state index in [1.54, 1.807) is 0 Å². The molecular formula is C40H33B5N2. The lowest BCUT2D eigenvalue weighted by molar-refractivity contribution is 1.00. The second-order valence-electron chi connectivity index (χ2n) is 12.9. The van der Waals surface area contributed by atoms with Gasteiger partial charge in [-0.05, 0) is 80.6 Å². The summed E-state index contributed by atoms with van der Waals surface area (Å²) in [6, 6.07) is 44.3. The predicted octanol–water partition coefficient (Wildman–Crippen LogP) is 1.93. The van der Waals surface area contributed by atoms with Crippen molar-refractivity contribution >= 4 is 99.1 Å². The highest BCUT2D eigenvalue weighted by Gasteiger charge is 2.22. The van der Waals surface area contributed by atoms with Gasteiger partial charge in [0.15, 0.2) is 0 Å². The summed E-state index contributed by atoms with van der Waals surface area (Å²) in [5.41, 5.74) is 17.7. The number of nitrogens with zero attached hydrogens (tertiary/aromatic N) is 2. The van der Waals surface area contributed by atoms with Crippen molar-refractivity contribution in [2.75, 3.05) is 0 Å². The van der Waals surface area contributed by atoms with Crippen LogP contribution in [0.2, 0.25) is 0 Å². The fraction of sp³-hybridized carbons (Fsp3) is 0.0250. The van der Waals surface area contributed by atoms with Crippen LogP contribution in [-0.4, -0.2) is 48.8 Å². The Hall–Kier alpha value is -5.15. The van der Waals surface area contributed by atoms with Crippen LogP contribution in [0.1, 0.15) is 5.82 Å². The van der Waals surface area contributed by atoms with Gasteiger partial charge in [-0.3, -0.25) is 4.57 Å². The van der Waals surface area contributed by atoms with Crippen LogP contribution in [0.25, 0.3) is 71.6 Å². The molecular weight excluding hydrogens is 563 g/mol.